The first kappa shape index (κ1) is 19.7. The second-order valence-corrected chi connectivity index (χ2v) is 7.39. The van der Waals surface area contributed by atoms with Crippen LogP contribution < -0.4 is 10.1 Å². The van der Waals surface area contributed by atoms with Gasteiger partial charge in [-0.3, -0.25) is 9.59 Å². The lowest BCUT2D eigenvalue weighted by molar-refractivity contribution is -0.140. The second kappa shape index (κ2) is 9.74. The highest BCUT2D eigenvalue weighted by Crippen LogP contribution is 2.27. The van der Waals surface area contributed by atoms with E-state index in [2.05, 4.69) is 5.32 Å². The molecular weight excluding hydrogens is 344 g/mol. The molecule has 1 aliphatic heterocycles. The van der Waals surface area contributed by atoms with Gasteiger partial charge in [0.05, 0.1) is 6.61 Å². The third-order valence-electron chi connectivity index (χ3n) is 5.38. The number of rotatable bonds is 8. The van der Waals surface area contributed by atoms with Gasteiger partial charge >= 0.3 is 0 Å². The van der Waals surface area contributed by atoms with E-state index in [-0.39, 0.29) is 11.8 Å². The van der Waals surface area contributed by atoms with Gasteiger partial charge in [0.15, 0.2) is 0 Å². The molecule has 6 nitrogen and oxygen atoms in total. The van der Waals surface area contributed by atoms with Crippen LogP contribution in [0.1, 0.15) is 56.9 Å². The van der Waals surface area contributed by atoms with Gasteiger partial charge in [-0.05, 0) is 49.4 Å². The van der Waals surface area contributed by atoms with Crippen LogP contribution in [0.5, 0.6) is 5.75 Å². The molecule has 1 aromatic rings. The highest BCUT2D eigenvalue weighted by molar-refractivity contribution is 5.94. The number of hydrogen-bond acceptors (Lipinski definition) is 4. The van der Waals surface area contributed by atoms with Gasteiger partial charge in [-0.1, -0.05) is 19.3 Å². The maximum absolute atomic E-state index is 12.6. The van der Waals surface area contributed by atoms with Crippen molar-refractivity contribution in [1.82, 2.24) is 4.90 Å². The molecule has 1 N–H and O–H groups in total. The number of amides is 2. The molecule has 6 heteroatoms. The summed E-state index contributed by atoms with van der Waals surface area (Å²) < 4.78 is 11.1. The third-order valence-corrected chi connectivity index (χ3v) is 5.38. The molecule has 27 heavy (non-hydrogen) atoms. The van der Waals surface area contributed by atoms with E-state index in [1.807, 2.05) is 23.1 Å². The fourth-order valence-corrected chi connectivity index (χ4v) is 3.92. The van der Waals surface area contributed by atoms with E-state index in [0.29, 0.717) is 38.6 Å². The number of methoxy groups -OCH3 is 1. The second-order valence-electron chi connectivity index (χ2n) is 7.39. The van der Waals surface area contributed by atoms with Gasteiger partial charge in [0.1, 0.15) is 12.5 Å². The van der Waals surface area contributed by atoms with E-state index in [4.69, 9.17) is 9.47 Å². The molecule has 1 aliphatic carbocycles. The summed E-state index contributed by atoms with van der Waals surface area (Å²) in [5.41, 5.74) is 1.98. The average molecular weight is 374 g/mol. The Morgan fingerprint density at radius 1 is 1.22 bits per heavy atom. The van der Waals surface area contributed by atoms with Crippen LogP contribution in [0.15, 0.2) is 18.2 Å². The van der Waals surface area contributed by atoms with Gasteiger partial charge < -0.3 is 19.7 Å². The first-order chi connectivity index (χ1) is 13.2. The van der Waals surface area contributed by atoms with Crippen molar-refractivity contribution in [2.24, 2.45) is 0 Å². The molecule has 2 aliphatic rings. The van der Waals surface area contributed by atoms with Gasteiger partial charge in [-0.15, -0.1) is 0 Å². The number of aryl methyl sites for hydroxylation is 1. The summed E-state index contributed by atoms with van der Waals surface area (Å²) in [7, 11) is 1.64. The van der Waals surface area contributed by atoms with Gasteiger partial charge in [0.2, 0.25) is 11.8 Å². The molecule has 2 amide bonds. The van der Waals surface area contributed by atoms with Crippen molar-refractivity contribution in [2.45, 2.75) is 63.8 Å². The number of anilines is 1. The summed E-state index contributed by atoms with van der Waals surface area (Å²) in [6.07, 6.45) is 8.23. The monoisotopic (exact) mass is 374 g/mol. The van der Waals surface area contributed by atoms with E-state index >= 15 is 0 Å². The molecule has 1 heterocycles. The zero-order chi connectivity index (χ0) is 19.1. The zero-order valence-corrected chi connectivity index (χ0v) is 16.2. The van der Waals surface area contributed by atoms with Crippen LogP contribution in [0.3, 0.4) is 0 Å². The Hall–Kier alpha value is -2.08. The number of carbonyl (C=O) groups is 2. The Morgan fingerprint density at radius 3 is 2.81 bits per heavy atom. The number of nitrogens with one attached hydrogen (secondary N) is 1. The molecule has 0 aromatic heterocycles. The van der Waals surface area contributed by atoms with Crippen LogP contribution in [-0.4, -0.2) is 43.2 Å². The fraction of sp³-hybridized carbons (Fsp3) is 0.619. The van der Waals surface area contributed by atoms with Crippen LogP contribution in [-0.2, 0) is 20.7 Å². The van der Waals surface area contributed by atoms with E-state index < -0.39 is 0 Å². The van der Waals surface area contributed by atoms with Gasteiger partial charge in [-0.2, -0.15) is 0 Å². The van der Waals surface area contributed by atoms with Crippen LogP contribution in [0, 0.1) is 0 Å². The van der Waals surface area contributed by atoms with Crippen molar-refractivity contribution >= 4 is 17.5 Å². The SMILES string of the molecule is COCN(C(=O)CCCOc1ccc2c(c1)CCC(=O)N2)C1CCCCC1. The average Bonchev–Trinajstić information content (AvgIpc) is 2.70. The van der Waals surface area contributed by atoms with Crippen LogP contribution >= 0.6 is 0 Å². The smallest absolute Gasteiger partial charge is 0.224 e. The minimum absolute atomic E-state index is 0.0632. The summed E-state index contributed by atoms with van der Waals surface area (Å²) >= 11 is 0. The molecule has 0 unspecified atom stereocenters. The van der Waals surface area contributed by atoms with E-state index in [1.165, 1.54) is 19.3 Å². The van der Waals surface area contributed by atoms with E-state index in [0.717, 1.165) is 36.3 Å². The number of benzene rings is 1. The van der Waals surface area contributed by atoms with Gasteiger partial charge in [0, 0.05) is 31.7 Å². The zero-order valence-electron chi connectivity index (χ0n) is 16.2. The Bertz CT molecular complexity index is 656. The lowest BCUT2D eigenvalue weighted by Gasteiger charge is -2.33. The maximum Gasteiger partial charge on any atom is 0.224 e. The maximum atomic E-state index is 12.6. The molecule has 0 bridgehead atoms. The lowest BCUT2D eigenvalue weighted by atomic mass is 9.94. The predicted molar refractivity (Wildman–Crippen MR) is 104 cm³/mol. The largest absolute Gasteiger partial charge is 0.494 e. The minimum Gasteiger partial charge on any atom is -0.494 e. The van der Waals surface area contributed by atoms with Crippen molar-refractivity contribution in [3.8, 4) is 5.75 Å². The minimum atomic E-state index is 0.0632. The van der Waals surface area contributed by atoms with Crippen LogP contribution in [0.25, 0.3) is 0 Å². The molecule has 0 saturated heterocycles. The molecule has 148 valence electrons. The normalized spacial score (nSPS) is 17.1. The van der Waals surface area contributed by atoms with E-state index in [1.54, 1.807) is 7.11 Å². The van der Waals surface area contributed by atoms with Gasteiger partial charge in [0.25, 0.3) is 0 Å². The Labute approximate surface area is 161 Å². The summed E-state index contributed by atoms with van der Waals surface area (Å²) in [4.78, 5) is 25.9. The molecule has 0 spiro atoms. The van der Waals surface area contributed by atoms with Crippen molar-refractivity contribution in [1.29, 1.82) is 0 Å². The number of nitrogens with zero attached hydrogens (tertiary/aromatic N) is 1. The molecule has 1 fully saturated rings. The topological polar surface area (TPSA) is 67.9 Å². The molecule has 3 rings (SSSR count). The third kappa shape index (κ3) is 5.45. The summed E-state index contributed by atoms with van der Waals surface area (Å²) in [5, 5.41) is 2.87. The lowest BCUT2D eigenvalue weighted by Crippen LogP contribution is -2.42. The summed E-state index contributed by atoms with van der Waals surface area (Å²) in [6, 6.07) is 6.06. The number of hydrogen-bond donors (Lipinski definition) is 1. The Morgan fingerprint density at radius 2 is 2.04 bits per heavy atom. The summed E-state index contributed by atoms with van der Waals surface area (Å²) in [5.74, 6) is 1.01. The van der Waals surface area contributed by atoms with Crippen LogP contribution in [0.4, 0.5) is 5.69 Å². The number of ether oxygens (including phenoxy) is 2. The molecule has 0 atom stereocenters. The van der Waals surface area contributed by atoms with E-state index in [9.17, 15) is 9.59 Å². The number of carbonyl (C=O) groups excluding carboxylic acids is 2. The van der Waals surface area contributed by atoms with Gasteiger partial charge in [-0.25, -0.2) is 0 Å². The van der Waals surface area contributed by atoms with Crippen molar-refractivity contribution < 1.29 is 19.1 Å². The molecular formula is C21H30N2O4. The van der Waals surface area contributed by atoms with Crippen LogP contribution in [0.2, 0.25) is 0 Å². The standard InChI is InChI=1S/C21H30N2O4/c1-26-15-23(17-6-3-2-4-7-17)21(25)8-5-13-27-18-10-11-19-16(14-18)9-12-20(24)22-19/h10-11,14,17H,2-9,12-13,15H2,1H3,(H,22,24). The number of fused-ring (bicyclic) bond motifs is 1. The quantitative estimate of drug-likeness (QED) is 0.559. The molecule has 1 saturated carbocycles. The van der Waals surface area contributed by atoms with Crippen molar-refractivity contribution in [3.05, 3.63) is 23.8 Å². The first-order valence-corrected chi connectivity index (χ1v) is 10.0. The predicted octanol–water partition coefficient (Wildman–Crippen LogP) is 3.50. The van der Waals surface area contributed by atoms with Crippen molar-refractivity contribution in [3.63, 3.8) is 0 Å². The first-order valence-electron chi connectivity index (χ1n) is 10.0. The molecule has 1 aromatic carbocycles. The van der Waals surface area contributed by atoms with Crippen molar-refractivity contribution in [2.75, 3.05) is 25.8 Å². The molecule has 0 radical (unpaired) electrons. The Kier molecular flexibility index (Phi) is 7.10. The summed E-state index contributed by atoms with van der Waals surface area (Å²) in [6.45, 7) is 0.878. The highest BCUT2D eigenvalue weighted by Gasteiger charge is 2.24. The highest BCUT2D eigenvalue weighted by atomic mass is 16.5. The fourth-order valence-electron chi connectivity index (χ4n) is 3.92. The Balaban J connectivity index is 1.44.